The van der Waals surface area contributed by atoms with E-state index in [-0.39, 0.29) is 23.0 Å². The number of carbonyl (C=O) groups is 2. The van der Waals surface area contributed by atoms with Crippen LogP contribution in [-0.2, 0) is 12.7 Å². The van der Waals surface area contributed by atoms with Crippen LogP contribution in [0.5, 0.6) is 0 Å². The lowest BCUT2D eigenvalue weighted by Gasteiger charge is -2.05. The number of imide groups is 1. The predicted octanol–water partition coefficient (Wildman–Crippen LogP) is 3.00. The second-order valence-corrected chi connectivity index (χ2v) is 5.85. The van der Waals surface area contributed by atoms with E-state index in [1.807, 2.05) is 0 Å². The first kappa shape index (κ1) is 15.5. The molecule has 2 amide bonds. The number of benzene rings is 1. The molecule has 0 bridgehead atoms. The quantitative estimate of drug-likeness (QED) is 0.872. The van der Waals surface area contributed by atoms with Crippen LogP contribution in [0, 0.1) is 0 Å². The minimum Gasteiger partial charge on any atom is -0.379 e. The molecule has 1 aromatic carbocycles. The highest BCUT2D eigenvalue weighted by molar-refractivity contribution is 7.09. The highest BCUT2D eigenvalue weighted by Gasteiger charge is 2.34. The van der Waals surface area contributed by atoms with Gasteiger partial charge in [0.15, 0.2) is 5.69 Å². The summed E-state index contributed by atoms with van der Waals surface area (Å²) in [6.07, 6.45) is -4.46. The number of hydrogen-bond acceptors (Lipinski definition) is 5. The molecule has 2 aromatic rings. The van der Waals surface area contributed by atoms with Crippen molar-refractivity contribution in [3.8, 4) is 0 Å². The zero-order valence-electron chi connectivity index (χ0n) is 11.8. The van der Waals surface area contributed by atoms with Crippen LogP contribution in [0.2, 0.25) is 0 Å². The summed E-state index contributed by atoms with van der Waals surface area (Å²) in [5.74, 6) is -0.770. The number of nitrogens with one attached hydrogen (secondary N) is 1. The first-order valence-corrected chi connectivity index (χ1v) is 7.37. The van der Waals surface area contributed by atoms with Gasteiger partial charge in [-0.3, -0.25) is 14.5 Å². The van der Waals surface area contributed by atoms with Gasteiger partial charge in [0.2, 0.25) is 0 Å². The summed E-state index contributed by atoms with van der Waals surface area (Å²) in [5.41, 5.74) is 0.203. The van der Waals surface area contributed by atoms with E-state index in [0.29, 0.717) is 11.3 Å². The Morgan fingerprint density at radius 1 is 1.22 bits per heavy atom. The Morgan fingerprint density at radius 2 is 1.91 bits per heavy atom. The molecule has 3 rings (SSSR count). The van der Waals surface area contributed by atoms with Gasteiger partial charge in [0.1, 0.15) is 5.01 Å². The molecule has 0 fully saturated rings. The van der Waals surface area contributed by atoms with Gasteiger partial charge in [-0.05, 0) is 18.2 Å². The van der Waals surface area contributed by atoms with Gasteiger partial charge in [-0.25, -0.2) is 4.98 Å². The van der Waals surface area contributed by atoms with Crippen LogP contribution >= 0.6 is 11.3 Å². The molecule has 0 aliphatic carbocycles. The Labute approximate surface area is 132 Å². The molecule has 0 radical (unpaired) electrons. The topological polar surface area (TPSA) is 62.3 Å². The highest BCUT2D eigenvalue weighted by atomic mass is 32.1. The van der Waals surface area contributed by atoms with E-state index in [4.69, 9.17) is 0 Å². The minimum absolute atomic E-state index is 0.0948. The van der Waals surface area contributed by atoms with Crippen LogP contribution in [-0.4, -0.2) is 28.7 Å². The second kappa shape index (κ2) is 5.34. The van der Waals surface area contributed by atoms with E-state index in [0.717, 1.165) is 21.6 Å². The van der Waals surface area contributed by atoms with E-state index < -0.39 is 17.8 Å². The first-order valence-electron chi connectivity index (χ1n) is 6.49. The van der Waals surface area contributed by atoms with Gasteiger partial charge in [-0.1, -0.05) is 0 Å². The van der Waals surface area contributed by atoms with E-state index in [1.165, 1.54) is 19.2 Å². The van der Waals surface area contributed by atoms with Gasteiger partial charge in [-0.15, -0.1) is 11.3 Å². The third-order valence-electron chi connectivity index (χ3n) is 3.38. The molecule has 1 aliphatic rings. The van der Waals surface area contributed by atoms with Crippen molar-refractivity contribution in [1.82, 2.24) is 9.88 Å². The molecular weight excluding hydrogens is 331 g/mol. The number of fused-ring (bicyclic) bond motifs is 1. The summed E-state index contributed by atoms with van der Waals surface area (Å²) < 4.78 is 37.4. The maximum atomic E-state index is 12.5. The largest absolute Gasteiger partial charge is 0.434 e. The summed E-state index contributed by atoms with van der Waals surface area (Å²) in [4.78, 5) is 28.2. The lowest BCUT2D eigenvalue weighted by molar-refractivity contribution is -0.140. The molecular formula is C14H10F3N3O2S. The number of nitrogens with zero attached hydrogens (tertiary/aromatic N) is 2. The molecule has 2 heterocycles. The number of amides is 2. The van der Waals surface area contributed by atoms with Crippen molar-refractivity contribution in [1.29, 1.82) is 0 Å². The van der Waals surface area contributed by atoms with Crippen LogP contribution in [0.1, 0.15) is 31.4 Å². The van der Waals surface area contributed by atoms with Gasteiger partial charge in [0.05, 0.1) is 17.7 Å². The molecule has 0 saturated carbocycles. The van der Waals surface area contributed by atoms with Crippen molar-refractivity contribution in [3.63, 3.8) is 0 Å². The van der Waals surface area contributed by atoms with E-state index in [9.17, 15) is 22.8 Å². The fourth-order valence-electron chi connectivity index (χ4n) is 2.17. The first-order chi connectivity index (χ1) is 10.8. The van der Waals surface area contributed by atoms with Crippen LogP contribution in [0.3, 0.4) is 0 Å². The summed E-state index contributed by atoms with van der Waals surface area (Å²) in [7, 11) is 1.39. The molecule has 120 valence electrons. The average Bonchev–Trinajstić information content (AvgIpc) is 3.06. The number of halogens is 3. The fourth-order valence-corrected chi connectivity index (χ4v) is 2.91. The number of anilines is 1. The molecule has 1 aromatic heterocycles. The lowest BCUT2D eigenvalue weighted by atomic mass is 10.1. The fraction of sp³-hybridized carbons (Fsp3) is 0.214. The molecule has 1 N–H and O–H groups in total. The van der Waals surface area contributed by atoms with Gasteiger partial charge < -0.3 is 5.32 Å². The standard InChI is InChI=1S/C14H10F3N3O2S/c1-20-12(21)8-3-2-7(4-9(8)13(20)22)18-5-11-19-10(6-23-11)14(15,16)17/h2-4,6,18H,5H2,1H3. The Kier molecular flexibility index (Phi) is 3.59. The van der Waals surface area contributed by atoms with Crippen LogP contribution < -0.4 is 5.32 Å². The highest BCUT2D eigenvalue weighted by Crippen LogP contribution is 2.30. The molecule has 23 heavy (non-hydrogen) atoms. The molecule has 0 saturated heterocycles. The van der Waals surface area contributed by atoms with Gasteiger partial charge in [0, 0.05) is 18.1 Å². The number of aromatic nitrogens is 1. The van der Waals surface area contributed by atoms with Crippen molar-refractivity contribution in [2.45, 2.75) is 12.7 Å². The van der Waals surface area contributed by atoms with Crippen molar-refractivity contribution in [3.05, 3.63) is 45.4 Å². The molecule has 9 heteroatoms. The maximum absolute atomic E-state index is 12.5. The maximum Gasteiger partial charge on any atom is 0.434 e. The van der Waals surface area contributed by atoms with Gasteiger partial charge >= 0.3 is 6.18 Å². The molecule has 1 aliphatic heterocycles. The molecule has 0 unspecified atom stereocenters. The molecule has 5 nitrogen and oxygen atoms in total. The summed E-state index contributed by atoms with van der Waals surface area (Å²) in [6, 6.07) is 4.63. The van der Waals surface area contributed by atoms with Crippen LogP contribution in [0.25, 0.3) is 0 Å². The van der Waals surface area contributed by atoms with E-state index in [2.05, 4.69) is 10.3 Å². The SMILES string of the molecule is CN1C(=O)c2ccc(NCc3nc(C(F)(F)F)cs3)cc2C1=O. The number of rotatable bonds is 3. The Hall–Kier alpha value is -2.42. The lowest BCUT2D eigenvalue weighted by Crippen LogP contribution is -2.24. The summed E-state index contributed by atoms with van der Waals surface area (Å²) in [5, 5.41) is 4.13. The van der Waals surface area contributed by atoms with Crippen LogP contribution in [0.4, 0.5) is 18.9 Å². The van der Waals surface area contributed by atoms with Crippen molar-refractivity contribution >= 4 is 28.8 Å². The van der Waals surface area contributed by atoms with Gasteiger partial charge in [0.25, 0.3) is 11.8 Å². The zero-order valence-corrected chi connectivity index (χ0v) is 12.6. The monoisotopic (exact) mass is 341 g/mol. The third-order valence-corrected chi connectivity index (χ3v) is 4.22. The minimum atomic E-state index is -4.46. The van der Waals surface area contributed by atoms with Crippen molar-refractivity contribution < 1.29 is 22.8 Å². The van der Waals surface area contributed by atoms with Crippen molar-refractivity contribution in [2.24, 2.45) is 0 Å². The Morgan fingerprint density at radius 3 is 2.57 bits per heavy atom. The van der Waals surface area contributed by atoms with Gasteiger partial charge in [-0.2, -0.15) is 13.2 Å². The molecule has 0 spiro atoms. The van der Waals surface area contributed by atoms with E-state index >= 15 is 0 Å². The predicted molar refractivity (Wildman–Crippen MR) is 77.3 cm³/mol. The number of carbonyl (C=O) groups excluding carboxylic acids is 2. The summed E-state index contributed by atoms with van der Waals surface area (Å²) in [6.45, 7) is 0.0948. The summed E-state index contributed by atoms with van der Waals surface area (Å²) >= 11 is 0.900. The number of alkyl halides is 3. The normalized spacial score (nSPS) is 14.3. The van der Waals surface area contributed by atoms with Crippen LogP contribution in [0.15, 0.2) is 23.6 Å². The Bertz CT molecular complexity index is 801. The average molecular weight is 341 g/mol. The third kappa shape index (κ3) is 2.79. The molecule has 0 atom stereocenters. The zero-order chi connectivity index (χ0) is 16.8. The number of thiazole rings is 1. The Balaban J connectivity index is 1.74. The number of hydrogen-bond donors (Lipinski definition) is 1. The van der Waals surface area contributed by atoms with Crippen molar-refractivity contribution in [2.75, 3.05) is 12.4 Å². The smallest absolute Gasteiger partial charge is 0.379 e. The van der Waals surface area contributed by atoms with E-state index in [1.54, 1.807) is 6.07 Å². The second-order valence-electron chi connectivity index (χ2n) is 4.91.